The van der Waals surface area contributed by atoms with E-state index in [0.29, 0.717) is 71.4 Å². The summed E-state index contributed by atoms with van der Waals surface area (Å²) in [7, 11) is 11.1. The highest BCUT2D eigenvalue weighted by molar-refractivity contribution is 7.59. The Balaban J connectivity index is 0.000000293. The predicted molar refractivity (Wildman–Crippen MR) is 321 cm³/mol. The van der Waals surface area contributed by atoms with Crippen LogP contribution in [0.5, 0.6) is 0 Å². The summed E-state index contributed by atoms with van der Waals surface area (Å²) in [6.45, 7) is 9.15. The second kappa shape index (κ2) is 29.7. The highest BCUT2D eigenvalue weighted by Gasteiger charge is 2.30. The fourth-order valence-corrected chi connectivity index (χ4v) is 10.2. The number of amides is 3. The fraction of sp³-hybridized carbons (Fsp3) is 0.433. The monoisotopic (exact) mass is 1130 g/mol. The van der Waals surface area contributed by atoms with Crippen molar-refractivity contribution in [2.24, 2.45) is 11.8 Å². The van der Waals surface area contributed by atoms with E-state index in [1.54, 1.807) is 38.3 Å². The molecule has 2 aliphatic carbocycles. The lowest BCUT2D eigenvalue weighted by Gasteiger charge is -2.25. The van der Waals surface area contributed by atoms with Crippen molar-refractivity contribution < 1.29 is 42.7 Å². The van der Waals surface area contributed by atoms with Gasteiger partial charge in [0.25, 0.3) is 11.8 Å². The van der Waals surface area contributed by atoms with Gasteiger partial charge in [0.05, 0.1) is 23.2 Å². The van der Waals surface area contributed by atoms with Gasteiger partial charge in [0.15, 0.2) is 5.78 Å². The van der Waals surface area contributed by atoms with Gasteiger partial charge in [-0.3, -0.25) is 24.0 Å². The van der Waals surface area contributed by atoms with E-state index >= 15 is 0 Å². The number of aromatic amines is 2. The van der Waals surface area contributed by atoms with Gasteiger partial charge in [0.2, 0.25) is 5.91 Å². The first-order chi connectivity index (χ1) is 36.5. The van der Waals surface area contributed by atoms with Crippen molar-refractivity contribution in [3.8, 4) is 0 Å². The van der Waals surface area contributed by atoms with Gasteiger partial charge >= 0.3 is 5.97 Å². The Bertz CT molecular complexity index is 2990. The van der Waals surface area contributed by atoms with Gasteiger partial charge in [-0.2, -0.15) is 27.0 Å². The van der Waals surface area contributed by atoms with Gasteiger partial charge < -0.3 is 45.7 Å². The third-order valence-electron chi connectivity index (χ3n) is 15.1. The molecule has 0 fully saturated rings. The molecule has 3 amide bonds. The van der Waals surface area contributed by atoms with E-state index in [1.165, 1.54) is 52.1 Å². The molecule has 4 aliphatic rings. The van der Waals surface area contributed by atoms with Crippen molar-refractivity contribution in [3.05, 3.63) is 128 Å². The Morgan fingerprint density at radius 1 is 0.696 bits per heavy atom. The Kier molecular flexibility index (Phi) is 24.5. The molecule has 2 aliphatic heterocycles. The number of halogens is 2. The first-order valence-corrected chi connectivity index (χ1v) is 26.5. The summed E-state index contributed by atoms with van der Waals surface area (Å²) in [6, 6.07) is 8.08. The van der Waals surface area contributed by atoms with Gasteiger partial charge in [0.1, 0.15) is 17.4 Å². The number of likely N-dealkylation sites (N-methyl/N-ethyl adjacent to an activating group) is 4. The SMILES string of the molecule is CN(C)C/C=C/C(=O)O.CN[C@@H](C)C(=O)CCC1CCc2c([nH]c(/C=C3\C(=O)Nc4ccc(F)cc43)c2C)C1.Cc1c(/C=C2\C(=O)Nc3ccc(F)cc32)[nH]c2c1CCC(CCC(=O)[C@H](C)N(C)C(=O)/C=C/CN(C)C)C2.S.S. The molecule has 79 heavy (non-hydrogen) atoms. The third kappa shape index (κ3) is 17.3. The van der Waals surface area contributed by atoms with Crippen molar-refractivity contribution in [1.29, 1.82) is 0 Å². The van der Waals surface area contributed by atoms with E-state index in [0.717, 1.165) is 85.7 Å². The van der Waals surface area contributed by atoms with Crippen LogP contribution in [0.4, 0.5) is 20.2 Å². The Morgan fingerprint density at radius 2 is 1.13 bits per heavy atom. The number of ketones is 2. The largest absolute Gasteiger partial charge is 0.478 e. The lowest BCUT2D eigenvalue weighted by atomic mass is 9.83. The Morgan fingerprint density at radius 3 is 1.54 bits per heavy atom. The van der Waals surface area contributed by atoms with Crippen molar-refractivity contribution >= 4 is 96.9 Å². The third-order valence-corrected chi connectivity index (χ3v) is 15.1. The van der Waals surface area contributed by atoms with Crippen LogP contribution in [0.1, 0.15) is 109 Å². The lowest BCUT2D eigenvalue weighted by molar-refractivity contribution is -0.134. The summed E-state index contributed by atoms with van der Waals surface area (Å²) in [5.74, 6) is -1.07. The number of aliphatic carboxylic acids is 1. The average molecular weight is 1130 g/mol. The number of carbonyl (C=O) groups excluding carboxylic acids is 5. The molecule has 2 unspecified atom stereocenters. The normalized spacial score (nSPS) is 17.8. The maximum Gasteiger partial charge on any atom is 0.328 e. The highest BCUT2D eigenvalue weighted by Crippen LogP contribution is 2.39. The average Bonchev–Trinajstić information content (AvgIpc) is 4.19. The molecular formula is C60H80F2N8O7S2. The fourth-order valence-electron chi connectivity index (χ4n) is 10.2. The number of nitrogens with one attached hydrogen (secondary N) is 5. The molecule has 4 heterocycles. The summed E-state index contributed by atoms with van der Waals surface area (Å²) in [5.41, 5.74) is 12.3. The molecule has 0 spiro atoms. The molecule has 428 valence electrons. The number of nitrogens with zero attached hydrogens (tertiary/aromatic N) is 3. The van der Waals surface area contributed by atoms with Crippen molar-refractivity contribution in [3.63, 3.8) is 0 Å². The lowest BCUT2D eigenvalue weighted by Crippen LogP contribution is -2.39. The van der Waals surface area contributed by atoms with Crippen LogP contribution < -0.4 is 16.0 Å². The smallest absolute Gasteiger partial charge is 0.328 e. The number of carboxylic acids is 1. The van der Waals surface area contributed by atoms with E-state index in [-0.39, 0.29) is 74.0 Å². The zero-order valence-electron chi connectivity index (χ0n) is 47.2. The first-order valence-electron chi connectivity index (χ1n) is 26.5. The maximum absolute atomic E-state index is 13.8. The number of benzene rings is 2. The summed E-state index contributed by atoms with van der Waals surface area (Å²) >= 11 is 0. The van der Waals surface area contributed by atoms with Gasteiger partial charge in [-0.15, -0.1) is 0 Å². The van der Waals surface area contributed by atoms with Crippen LogP contribution in [0.2, 0.25) is 0 Å². The van der Waals surface area contributed by atoms with E-state index < -0.39 is 12.0 Å². The van der Waals surface area contributed by atoms with Crippen LogP contribution in [-0.2, 0) is 54.5 Å². The van der Waals surface area contributed by atoms with Crippen molar-refractivity contribution in [2.75, 3.05) is 66.0 Å². The molecule has 15 nitrogen and oxygen atoms in total. The number of Topliss-reactive ketones (excluding diaryl/α,β-unsaturated/α-hetero) is 2. The summed E-state index contributed by atoms with van der Waals surface area (Å²) in [4.78, 5) is 84.6. The predicted octanol–water partition coefficient (Wildman–Crippen LogP) is 8.81. The highest BCUT2D eigenvalue weighted by atomic mass is 32.1. The molecule has 0 radical (unpaired) electrons. The molecule has 0 saturated heterocycles. The first kappa shape index (κ1) is 65.1. The number of carboxylic acid groups (broad SMARTS) is 1. The van der Waals surface area contributed by atoms with Crippen LogP contribution in [0.25, 0.3) is 23.3 Å². The molecule has 4 atom stereocenters. The van der Waals surface area contributed by atoms with E-state index in [1.807, 2.05) is 71.0 Å². The number of carbonyl (C=O) groups is 6. The van der Waals surface area contributed by atoms with Crippen LogP contribution in [0.15, 0.2) is 60.7 Å². The van der Waals surface area contributed by atoms with Crippen LogP contribution in [0.3, 0.4) is 0 Å². The maximum atomic E-state index is 13.8. The minimum atomic E-state index is -0.892. The standard InChI is InChI=1S/C30H37FN4O3.C24H28FN3O2.C6H11NO2.2H2S/c1-18-22-11-8-20(9-13-28(36)19(2)35(5)29(37)7-6-14-34(3)4)15-27(22)32-26(18)17-24-23-16-21(31)10-12-25(23)33-30(24)38;1-13-17-7-4-15(5-9-23(29)14(2)26-3)10-22(17)27-21(13)12-19-18-11-16(25)6-8-20(18)28-24(19)30;1-7(2)5-3-4-6(8)9;;/h6-7,10,12,16-17,19-20,32H,8-9,11,13-15H2,1-5H3,(H,33,38);6,8,11-12,14-15,26-27H,4-5,7,9-10H2,1-3H3,(H,28,30);3-4H,5H2,1-2H3,(H,8,9);2*1H2/b7-6+,24-17-;19-12-;4-3+;;/t19-,20?;14-,15?;;;/m00.../s1. The molecule has 2 aromatic carbocycles. The van der Waals surface area contributed by atoms with Gasteiger partial charge in [-0.1, -0.05) is 12.2 Å². The number of aromatic nitrogens is 2. The summed E-state index contributed by atoms with van der Waals surface area (Å²) < 4.78 is 27.5. The molecule has 19 heteroatoms. The van der Waals surface area contributed by atoms with Gasteiger partial charge in [0, 0.05) is 90.4 Å². The molecule has 8 rings (SSSR count). The Hall–Kier alpha value is -6.38. The number of hydrogen-bond donors (Lipinski definition) is 6. The summed E-state index contributed by atoms with van der Waals surface area (Å²) in [5, 5.41) is 16.7. The van der Waals surface area contributed by atoms with Crippen LogP contribution in [0, 0.1) is 37.3 Å². The molecule has 2 aromatic heterocycles. The number of anilines is 2. The minimum Gasteiger partial charge on any atom is -0.478 e. The van der Waals surface area contributed by atoms with Gasteiger partial charge in [-0.25, -0.2) is 13.6 Å². The number of hydrogen-bond acceptors (Lipinski definition) is 9. The molecule has 6 N–H and O–H groups in total. The molecule has 4 aromatic rings. The van der Waals surface area contributed by atoms with Crippen LogP contribution >= 0.6 is 27.0 Å². The second-order valence-corrected chi connectivity index (χ2v) is 21.2. The van der Waals surface area contributed by atoms with Crippen molar-refractivity contribution in [2.45, 2.75) is 104 Å². The van der Waals surface area contributed by atoms with Crippen molar-refractivity contribution in [1.82, 2.24) is 30.0 Å². The summed E-state index contributed by atoms with van der Waals surface area (Å²) in [6.07, 6.45) is 18.1. The molecular weight excluding hydrogens is 1050 g/mol. The van der Waals surface area contributed by atoms with E-state index in [9.17, 15) is 37.5 Å². The molecule has 0 saturated carbocycles. The number of H-pyrrole nitrogens is 2. The second-order valence-electron chi connectivity index (χ2n) is 21.2. The van der Waals surface area contributed by atoms with E-state index in [2.05, 4.69) is 32.8 Å². The zero-order valence-corrected chi connectivity index (χ0v) is 49.2. The minimum absolute atomic E-state index is 0. The quantitative estimate of drug-likeness (QED) is 0.0524. The topological polar surface area (TPSA) is 200 Å². The number of fused-ring (bicyclic) bond motifs is 4. The van der Waals surface area contributed by atoms with E-state index in [4.69, 9.17) is 5.11 Å². The van der Waals surface area contributed by atoms with Crippen LogP contribution in [-0.4, -0.2) is 132 Å². The number of rotatable bonds is 18. The zero-order chi connectivity index (χ0) is 56.2. The molecule has 0 bridgehead atoms. The Labute approximate surface area is 477 Å². The van der Waals surface area contributed by atoms with Gasteiger partial charge in [-0.05, 0) is 197 Å².